The van der Waals surface area contributed by atoms with Crippen molar-refractivity contribution in [3.05, 3.63) is 35.5 Å². The van der Waals surface area contributed by atoms with Crippen LogP contribution in [0.4, 0.5) is 14.5 Å². The van der Waals surface area contributed by atoms with E-state index in [0.717, 1.165) is 18.3 Å². The van der Waals surface area contributed by atoms with E-state index in [-0.39, 0.29) is 12.3 Å². The number of hydrogen-bond donors (Lipinski definition) is 1. The fourth-order valence-electron chi connectivity index (χ4n) is 1.86. The minimum absolute atomic E-state index is 0.0126. The molecule has 2 rings (SSSR count). The first kappa shape index (κ1) is 16.7. The maximum absolute atomic E-state index is 13.7. The number of nitrogens with one attached hydrogen (secondary N) is 1. The van der Waals surface area contributed by atoms with Crippen molar-refractivity contribution in [1.82, 2.24) is 0 Å². The van der Waals surface area contributed by atoms with Crippen LogP contribution < -0.4 is 10.1 Å². The zero-order valence-electron chi connectivity index (χ0n) is 12.7. The van der Waals surface area contributed by atoms with Crippen LogP contribution in [0.25, 0.3) is 0 Å². The van der Waals surface area contributed by atoms with E-state index < -0.39 is 40.7 Å². The molecular weight excluding hydrogens is 312 g/mol. The Morgan fingerprint density at radius 3 is 2.17 bits per heavy atom. The Morgan fingerprint density at radius 2 is 1.70 bits per heavy atom. The van der Waals surface area contributed by atoms with Crippen LogP contribution in [-0.2, 0) is 19.1 Å². The van der Waals surface area contributed by atoms with Gasteiger partial charge in [0.05, 0.1) is 6.61 Å². The summed E-state index contributed by atoms with van der Waals surface area (Å²) in [6, 6.07) is 1.93. The van der Waals surface area contributed by atoms with Crippen molar-refractivity contribution >= 4 is 17.6 Å². The number of rotatable bonds is 4. The summed E-state index contributed by atoms with van der Waals surface area (Å²) in [6.45, 7) is 4.52. The lowest BCUT2D eigenvalue weighted by molar-refractivity contribution is -0.222. The average molecular weight is 327 g/mol. The molecule has 0 radical (unpaired) electrons. The predicted octanol–water partition coefficient (Wildman–Crippen LogP) is 2.50. The second-order valence-corrected chi connectivity index (χ2v) is 5.08. The second-order valence-electron chi connectivity index (χ2n) is 5.08. The number of hydrogen-bond acceptors (Lipinski definition) is 6. The molecule has 0 unspecified atom stereocenters. The van der Waals surface area contributed by atoms with Crippen LogP contribution in [0.3, 0.4) is 0 Å². The summed E-state index contributed by atoms with van der Waals surface area (Å²) < 4.78 is 42.0. The Labute approximate surface area is 131 Å². The summed E-state index contributed by atoms with van der Waals surface area (Å²) in [5, 5.41) is 2.45. The molecule has 0 bridgehead atoms. The summed E-state index contributed by atoms with van der Waals surface area (Å²) >= 11 is 0. The fraction of sp³-hybridized carbons (Fsp3) is 0.333. The standard InChI is InChI=1S/C15H15F2NO5/c1-4-21-12-10(16)5-8(6-11(12)17)18-7-9-13(19)22-15(2,3)23-14(9)20/h5-7,18H,4H2,1-3H3. The van der Waals surface area contributed by atoms with Gasteiger partial charge in [-0.25, -0.2) is 18.4 Å². The van der Waals surface area contributed by atoms with Crippen LogP contribution >= 0.6 is 0 Å². The zero-order valence-corrected chi connectivity index (χ0v) is 12.7. The van der Waals surface area contributed by atoms with Gasteiger partial charge in [0.1, 0.15) is 0 Å². The van der Waals surface area contributed by atoms with E-state index in [9.17, 15) is 18.4 Å². The number of esters is 2. The molecule has 0 amide bonds. The van der Waals surface area contributed by atoms with Gasteiger partial charge in [-0.2, -0.15) is 0 Å². The van der Waals surface area contributed by atoms with Gasteiger partial charge in [0.25, 0.3) is 5.79 Å². The van der Waals surface area contributed by atoms with Gasteiger partial charge < -0.3 is 19.5 Å². The first-order valence-corrected chi connectivity index (χ1v) is 6.78. The van der Waals surface area contributed by atoms with Gasteiger partial charge in [0.2, 0.25) is 0 Å². The maximum atomic E-state index is 13.7. The van der Waals surface area contributed by atoms with Crippen molar-refractivity contribution in [3.8, 4) is 5.75 Å². The van der Waals surface area contributed by atoms with E-state index in [0.29, 0.717) is 0 Å². The maximum Gasteiger partial charge on any atom is 0.350 e. The van der Waals surface area contributed by atoms with E-state index in [1.54, 1.807) is 6.92 Å². The Kier molecular flexibility index (Phi) is 4.53. The molecular formula is C15H15F2NO5. The Hall–Kier alpha value is -2.64. The number of halogens is 2. The van der Waals surface area contributed by atoms with Crippen LogP contribution in [0, 0.1) is 11.6 Å². The van der Waals surface area contributed by atoms with E-state index in [4.69, 9.17) is 14.2 Å². The highest BCUT2D eigenvalue weighted by molar-refractivity contribution is 6.15. The Bertz CT molecular complexity index is 639. The minimum Gasteiger partial charge on any atom is -0.488 e. The molecule has 6 nitrogen and oxygen atoms in total. The molecule has 124 valence electrons. The van der Waals surface area contributed by atoms with E-state index in [1.807, 2.05) is 0 Å². The molecule has 0 aliphatic carbocycles. The van der Waals surface area contributed by atoms with Crippen molar-refractivity contribution < 1.29 is 32.6 Å². The Balaban J connectivity index is 2.20. The summed E-state index contributed by atoms with van der Waals surface area (Å²) in [7, 11) is 0. The molecule has 1 aromatic rings. The minimum atomic E-state index is -1.36. The van der Waals surface area contributed by atoms with Gasteiger partial charge in [0.15, 0.2) is 23.0 Å². The number of anilines is 1. The summed E-state index contributed by atoms with van der Waals surface area (Å²) in [5.41, 5.74) is -0.430. The number of carbonyl (C=O) groups is 2. The molecule has 1 aliphatic rings. The molecule has 0 spiro atoms. The number of cyclic esters (lactones) is 2. The zero-order chi connectivity index (χ0) is 17.2. The predicted molar refractivity (Wildman–Crippen MR) is 75.5 cm³/mol. The lowest BCUT2D eigenvalue weighted by Crippen LogP contribution is -2.42. The molecule has 1 fully saturated rings. The monoisotopic (exact) mass is 327 g/mol. The highest BCUT2D eigenvalue weighted by Crippen LogP contribution is 2.27. The average Bonchev–Trinajstić information content (AvgIpc) is 2.40. The van der Waals surface area contributed by atoms with Gasteiger partial charge in [-0.3, -0.25) is 0 Å². The molecule has 1 aromatic carbocycles. The highest BCUT2D eigenvalue weighted by atomic mass is 19.1. The van der Waals surface area contributed by atoms with Gasteiger partial charge in [-0.15, -0.1) is 0 Å². The van der Waals surface area contributed by atoms with Crippen LogP contribution in [0.1, 0.15) is 20.8 Å². The van der Waals surface area contributed by atoms with Crippen molar-refractivity contribution in [2.75, 3.05) is 11.9 Å². The molecule has 1 N–H and O–H groups in total. The van der Waals surface area contributed by atoms with Crippen molar-refractivity contribution in [2.24, 2.45) is 0 Å². The molecule has 23 heavy (non-hydrogen) atoms. The molecule has 1 heterocycles. The van der Waals surface area contributed by atoms with Crippen molar-refractivity contribution in [1.29, 1.82) is 0 Å². The topological polar surface area (TPSA) is 73.9 Å². The molecule has 0 aromatic heterocycles. The molecule has 0 atom stereocenters. The van der Waals surface area contributed by atoms with E-state index >= 15 is 0 Å². The third kappa shape index (κ3) is 3.77. The number of benzene rings is 1. The van der Waals surface area contributed by atoms with Crippen molar-refractivity contribution in [3.63, 3.8) is 0 Å². The van der Waals surface area contributed by atoms with Crippen LogP contribution in [-0.4, -0.2) is 24.3 Å². The number of ether oxygens (including phenoxy) is 3. The van der Waals surface area contributed by atoms with Crippen molar-refractivity contribution in [2.45, 2.75) is 26.6 Å². The van der Waals surface area contributed by atoms with Gasteiger partial charge >= 0.3 is 11.9 Å². The largest absolute Gasteiger partial charge is 0.488 e. The summed E-state index contributed by atoms with van der Waals surface area (Å²) in [5.74, 6) is -5.48. The second kappa shape index (κ2) is 6.23. The first-order valence-electron chi connectivity index (χ1n) is 6.78. The number of carbonyl (C=O) groups excluding carboxylic acids is 2. The SMILES string of the molecule is CCOc1c(F)cc(NC=C2C(=O)OC(C)(C)OC2=O)cc1F. The molecule has 1 saturated heterocycles. The Morgan fingerprint density at radius 1 is 1.17 bits per heavy atom. The molecule has 1 aliphatic heterocycles. The third-order valence-electron chi connectivity index (χ3n) is 2.79. The van der Waals surface area contributed by atoms with Gasteiger partial charge in [-0.05, 0) is 6.92 Å². The first-order chi connectivity index (χ1) is 10.7. The van der Waals surface area contributed by atoms with Gasteiger partial charge in [-0.1, -0.05) is 0 Å². The van der Waals surface area contributed by atoms with E-state index in [2.05, 4.69) is 5.32 Å². The molecule has 8 heteroatoms. The lowest BCUT2D eigenvalue weighted by Gasteiger charge is -2.29. The van der Waals surface area contributed by atoms with Gasteiger partial charge in [0, 0.05) is 37.9 Å². The third-order valence-corrected chi connectivity index (χ3v) is 2.79. The lowest BCUT2D eigenvalue weighted by atomic mass is 10.2. The smallest absolute Gasteiger partial charge is 0.350 e. The van der Waals surface area contributed by atoms with Crippen LogP contribution in [0.15, 0.2) is 23.9 Å². The summed E-state index contributed by atoms with van der Waals surface area (Å²) in [6.07, 6.45) is 0.967. The highest BCUT2D eigenvalue weighted by Gasteiger charge is 2.38. The van der Waals surface area contributed by atoms with Crippen LogP contribution in [0.2, 0.25) is 0 Å². The summed E-state index contributed by atoms with van der Waals surface area (Å²) in [4.78, 5) is 23.4. The fourth-order valence-corrected chi connectivity index (χ4v) is 1.86. The quantitative estimate of drug-likeness (QED) is 0.520. The molecule has 0 saturated carbocycles. The van der Waals surface area contributed by atoms with Crippen LogP contribution in [0.5, 0.6) is 5.75 Å². The normalized spacial score (nSPS) is 16.5. The van der Waals surface area contributed by atoms with E-state index in [1.165, 1.54) is 13.8 Å².